The Labute approximate surface area is 127 Å². The van der Waals surface area contributed by atoms with Gasteiger partial charge in [-0.15, -0.1) is 0 Å². The number of nitrogens with zero attached hydrogens (tertiary/aromatic N) is 2. The van der Waals surface area contributed by atoms with Crippen molar-refractivity contribution >= 4 is 17.8 Å². The molecular formula is C16H16N2O4. The van der Waals surface area contributed by atoms with Gasteiger partial charge in [0, 0.05) is 24.0 Å². The number of hydrogen-bond donors (Lipinski definition) is 0. The minimum absolute atomic E-state index is 0.0760. The van der Waals surface area contributed by atoms with Gasteiger partial charge in [-0.3, -0.25) is 9.78 Å². The lowest BCUT2D eigenvalue weighted by Crippen LogP contribution is -2.04. The van der Waals surface area contributed by atoms with Gasteiger partial charge in [-0.1, -0.05) is 12.1 Å². The van der Waals surface area contributed by atoms with Gasteiger partial charge in [-0.2, -0.15) is 0 Å². The normalized spacial score (nSPS) is 10.8. The summed E-state index contributed by atoms with van der Waals surface area (Å²) in [6.07, 6.45) is 6.82. The minimum Gasteiger partial charge on any atom is -0.461 e. The summed E-state index contributed by atoms with van der Waals surface area (Å²) < 4.78 is 9.78. The highest BCUT2D eigenvalue weighted by Gasteiger charge is 2.12. The third-order valence-electron chi connectivity index (χ3n) is 2.96. The van der Waals surface area contributed by atoms with E-state index in [-0.39, 0.29) is 18.1 Å². The Morgan fingerprint density at radius 3 is 2.91 bits per heavy atom. The number of aryl methyl sites for hydroxylation is 1. The molecule has 0 radical (unpaired) electrons. The highest BCUT2D eigenvalue weighted by atomic mass is 16.5. The lowest BCUT2D eigenvalue weighted by atomic mass is 10.0. The summed E-state index contributed by atoms with van der Waals surface area (Å²) in [5.74, 6) is -0.406. The van der Waals surface area contributed by atoms with E-state index < -0.39 is 5.97 Å². The Morgan fingerprint density at radius 1 is 1.36 bits per heavy atom. The van der Waals surface area contributed by atoms with E-state index in [1.807, 2.05) is 6.92 Å². The lowest BCUT2D eigenvalue weighted by molar-refractivity contribution is 0.0514. The van der Waals surface area contributed by atoms with Crippen LogP contribution in [0.5, 0.6) is 0 Å². The van der Waals surface area contributed by atoms with E-state index in [9.17, 15) is 9.59 Å². The average Bonchev–Trinajstić information content (AvgIpc) is 3.02. The van der Waals surface area contributed by atoms with Crippen LogP contribution >= 0.6 is 0 Å². The van der Waals surface area contributed by atoms with Gasteiger partial charge in [0.15, 0.2) is 17.2 Å². The maximum absolute atomic E-state index is 12.2. The zero-order valence-corrected chi connectivity index (χ0v) is 12.4. The van der Waals surface area contributed by atoms with Gasteiger partial charge in [0.1, 0.15) is 0 Å². The first-order chi connectivity index (χ1) is 10.7. The SMILES string of the molecule is CCOC(=O)c1cc(/C=C/C(=O)c2ccncc2CC)on1. The molecule has 0 saturated carbocycles. The second kappa shape index (κ2) is 7.31. The smallest absolute Gasteiger partial charge is 0.360 e. The van der Waals surface area contributed by atoms with Crippen molar-refractivity contribution in [2.45, 2.75) is 20.3 Å². The molecule has 22 heavy (non-hydrogen) atoms. The van der Waals surface area contributed by atoms with Crippen LogP contribution < -0.4 is 0 Å². The fourth-order valence-electron chi connectivity index (χ4n) is 1.87. The van der Waals surface area contributed by atoms with Crippen LogP contribution in [0.2, 0.25) is 0 Å². The van der Waals surface area contributed by atoms with Crippen LogP contribution in [0.1, 0.15) is 46.0 Å². The van der Waals surface area contributed by atoms with E-state index in [2.05, 4.69) is 10.1 Å². The molecule has 0 N–H and O–H groups in total. The van der Waals surface area contributed by atoms with Gasteiger partial charge in [0.25, 0.3) is 0 Å². The Kier molecular flexibility index (Phi) is 5.19. The van der Waals surface area contributed by atoms with E-state index in [0.29, 0.717) is 11.3 Å². The van der Waals surface area contributed by atoms with Crippen molar-refractivity contribution in [3.05, 3.63) is 53.2 Å². The molecule has 0 bridgehead atoms. The molecular weight excluding hydrogens is 284 g/mol. The van der Waals surface area contributed by atoms with E-state index in [1.54, 1.807) is 25.4 Å². The molecule has 0 fully saturated rings. The minimum atomic E-state index is -0.556. The molecule has 2 aromatic rings. The standard InChI is InChI=1S/C16H16N2O4/c1-3-11-10-17-8-7-13(11)15(19)6-5-12-9-14(18-22-12)16(20)21-4-2/h5-10H,3-4H2,1-2H3/b6-5+. The van der Waals surface area contributed by atoms with Crippen molar-refractivity contribution in [1.82, 2.24) is 10.1 Å². The van der Waals surface area contributed by atoms with E-state index >= 15 is 0 Å². The third-order valence-corrected chi connectivity index (χ3v) is 2.96. The molecule has 0 saturated heterocycles. The molecule has 2 rings (SSSR count). The van der Waals surface area contributed by atoms with Gasteiger partial charge in [-0.25, -0.2) is 4.79 Å². The summed E-state index contributed by atoms with van der Waals surface area (Å²) in [5, 5.41) is 3.60. The van der Waals surface area contributed by atoms with Crippen molar-refractivity contribution in [1.29, 1.82) is 0 Å². The first kappa shape index (κ1) is 15.6. The Morgan fingerprint density at radius 2 is 2.18 bits per heavy atom. The number of ether oxygens (including phenoxy) is 1. The molecule has 2 aromatic heterocycles. The van der Waals surface area contributed by atoms with Crippen LogP contribution in [0, 0.1) is 0 Å². The lowest BCUT2D eigenvalue weighted by Gasteiger charge is -2.02. The van der Waals surface area contributed by atoms with Gasteiger partial charge >= 0.3 is 5.97 Å². The Bertz CT molecular complexity index is 704. The predicted octanol–water partition coefficient (Wildman–Crippen LogP) is 2.70. The van der Waals surface area contributed by atoms with Crippen molar-refractivity contribution in [2.24, 2.45) is 0 Å². The van der Waals surface area contributed by atoms with Crippen LogP contribution in [0.3, 0.4) is 0 Å². The number of rotatable bonds is 6. The van der Waals surface area contributed by atoms with Crippen LogP contribution in [-0.4, -0.2) is 28.5 Å². The number of hydrogen-bond acceptors (Lipinski definition) is 6. The molecule has 0 aliphatic rings. The van der Waals surface area contributed by atoms with Crippen molar-refractivity contribution in [2.75, 3.05) is 6.61 Å². The maximum Gasteiger partial charge on any atom is 0.360 e. The van der Waals surface area contributed by atoms with Crippen LogP contribution in [0.4, 0.5) is 0 Å². The third kappa shape index (κ3) is 3.66. The molecule has 6 heteroatoms. The van der Waals surface area contributed by atoms with Crippen LogP contribution in [-0.2, 0) is 11.2 Å². The Balaban J connectivity index is 2.11. The van der Waals surface area contributed by atoms with E-state index in [0.717, 1.165) is 12.0 Å². The molecule has 0 aromatic carbocycles. The summed E-state index contributed by atoms with van der Waals surface area (Å²) in [4.78, 5) is 27.6. The highest BCUT2D eigenvalue weighted by Crippen LogP contribution is 2.12. The highest BCUT2D eigenvalue weighted by molar-refractivity contribution is 6.07. The number of allylic oxidation sites excluding steroid dienone is 1. The van der Waals surface area contributed by atoms with E-state index in [4.69, 9.17) is 9.26 Å². The first-order valence-electron chi connectivity index (χ1n) is 6.94. The monoisotopic (exact) mass is 300 g/mol. The number of carbonyl (C=O) groups excluding carboxylic acids is 2. The number of pyridine rings is 1. The quantitative estimate of drug-likeness (QED) is 0.463. The molecule has 0 unspecified atom stereocenters. The number of aromatic nitrogens is 2. The van der Waals surface area contributed by atoms with Gasteiger partial charge in [-0.05, 0) is 37.1 Å². The van der Waals surface area contributed by atoms with Gasteiger partial charge in [0.2, 0.25) is 0 Å². The predicted molar refractivity (Wildman–Crippen MR) is 79.4 cm³/mol. The van der Waals surface area contributed by atoms with Crippen LogP contribution in [0.15, 0.2) is 35.1 Å². The van der Waals surface area contributed by atoms with Crippen molar-refractivity contribution in [3.63, 3.8) is 0 Å². The second-order valence-corrected chi connectivity index (χ2v) is 4.42. The summed E-state index contributed by atoms with van der Waals surface area (Å²) in [5.41, 5.74) is 1.55. The second-order valence-electron chi connectivity index (χ2n) is 4.42. The fraction of sp³-hybridized carbons (Fsp3) is 0.250. The summed E-state index contributed by atoms with van der Waals surface area (Å²) in [6, 6.07) is 3.10. The summed E-state index contributed by atoms with van der Waals surface area (Å²) in [7, 11) is 0. The van der Waals surface area contributed by atoms with Crippen molar-refractivity contribution < 1.29 is 18.8 Å². The largest absolute Gasteiger partial charge is 0.461 e. The molecule has 6 nitrogen and oxygen atoms in total. The zero-order chi connectivity index (χ0) is 15.9. The van der Waals surface area contributed by atoms with Crippen LogP contribution in [0.25, 0.3) is 6.08 Å². The molecule has 0 aliphatic carbocycles. The average molecular weight is 300 g/mol. The first-order valence-corrected chi connectivity index (χ1v) is 6.94. The molecule has 2 heterocycles. The van der Waals surface area contributed by atoms with Gasteiger partial charge < -0.3 is 9.26 Å². The zero-order valence-electron chi connectivity index (χ0n) is 12.4. The van der Waals surface area contributed by atoms with Gasteiger partial charge in [0.05, 0.1) is 6.61 Å². The fourth-order valence-corrected chi connectivity index (χ4v) is 1.87. The molecule has 0 spiro atoms. The van der Waals surface area contributed by atoms with Crippen molar-refractivity contribution in [3.8, 4) is 0 Å². The molecule has 0 aliphatic heterocycles. The molecule has 0 amide bonds. The number of carbonyl (C=O) groups is 2. The number of esters is 1. The maximum atomic E-state index is 12.2. The Hall–Kier alpha value is -2.76. The molecule has 114 valence electrons. The summed E-state index contributed by atoms with van der Waals surface area (Å²) >= 11 is 0. The summed E-state index contributed by atoms with van der Waals surface area (Å²) in [6.45, 7) is 3.92. The topological polar surface area (TPSA) is 82.3 Å². The number of ketones is 1. The van der Waals surface area contributed by atoms with E-state index in [1.165, 1.54) is 18.2 Å². The molecule has 0 atom stereocenters.